The van der Waals surface area contributed by atoms with Crippen LogP contribution < -0.4 is 81.4 Å². The van der Waals surface area contributed by atoms with Gasteiger partial charge in [0.25, 0.3) is 0 Å². The maximum absolute atomic E-state index is 14.6. The van der Waals surface area contributed by atoms with Gasteiger partial charge in [-0.2, -0.15) is 0 Å². The number of nitrogens with zero attached hydrogens (tertiary/aromatic N) is 1. The summed E-state index contributed by atoms with van der Waals surface area (Å²) in [5, 5.41) is 49.9. The molecule has 0 aromatic heterocycles. The van der Waals surface area contributed by atoms with Gasteiger partial charge in [0.2, 0.25) is 65.0 Å². The summed E-state index contributed by atoms with van der Waals surface area (Å²) >= 11 is 0. The van der Waals surface area contributed by atoms with Gasteiger partial charge in [0.05, 0.1) is 12.2 Å². The molecule has 29 heteroatoms. The third kappa shape index (κ3) is 28.8. The molecule has 1 fully saturated rings. The quantitative estimate of drug-likeness (QED) is 0.0299. The van der Waals surface area contributed by atoms with Crippen LogP contribution in [-0.4, -0.2) is 206 Å². The van der Waals surface area contributed by atoms with Crippen molar-refractivity contribution < 1.29 is 63.0 Å². The van der Waals surface area contributed by atoms with Crippen LogP contribution in [-0.2, 0) is 52.7 Å². The number of nitrogens with one attached hydrogen (secondary N) is 11. The Hall–Kier alpha value is -6.11. The Balaban J connectivity index is 3.90. The number of carbonyl (C=O) groups is 11. The molecule has 21 N–H and O–H groups in total. The highest BCUT2D eigenvalue weighted by molar-refractivity contribution is 5.99. The molecule has 0 aromatic carbocycles. The van der Waals surface area contributed by atoms with E-state index in [1.165, 1.54) is 13.8 Å². The molecule has 1 aliphatic rings. The van der Waals surface area contributed by atoms with Crippen LogP contribution in [0, 0.1) is 11.8 Å². The number of aliphatic hydroxyl groups excluding tert-OH is 2. The molecule has 83 heavy (non-hydrogen) atoms. The number of hydrogen-bond acceptors (Lipinski definition) is 18. The SMILES string of the molecule is CCCCCCCC(=O)N[C@@H](CCN)C(=O)N[C@H](C(=O)N[C@@H](CCN)C(=O)N[C@H]1CCNC(=O)[C@H]([C@@H](C)O)NC(=O)[C@H](CCN)NC(=O)[C@H](CCN)NC(=O)[C@H](CC(C)C)NC(=O)[C@@H](CC(C)C)NC(=O)[C@H](CCN(C)C)NC1=O)[C@@H](C)O. The van der Waals surface area contributed by atoms with Crippen molar-refractivity contribution in [3.8, 4) is 0 Å². The summed E-state index contributed by atoms with van der Waals surface area (Å²) in [6.07, 6.45) is 0.580. The Bertz CT molecular complexity index is 2080. The first-order valence-corrected chi connectivity index (χ1v) is 29.3. The molecule has 0 saturated carbocycles. The van der Waals surface area contributed by atoms with E-state index in [9.17, 15) is 63.0 Å². The van der Waals surface area contributed by atoms with E-state index in [4.69, 9.17) is 22.9 Å². The number of nitrogens with two attached hydrogens (primary N) is 4. The standard InChI is InChI=1S/C54H102N16O13/c1-10-11-12-13-14-15-42(73)60-34(16-22-55)49(78)69-44(33(7)72)54(83)65-36(18-24-57)46(75)63-38-20-26-59-53(82)43(32(6)71)68-50(79)37(19-25-58)61-45(74)35(17-23-56)62-51(80)40(28-30(2)3)67-52(81)41(29-31(4)5)66-48(77)39(64-47(38)76)21-27-70(8)9/h30-41,43-44,71-72H,10-29,55-58H2,1-9H3,(H,59,82)(H,60,73)(H,61,74)(H,62,80)(H,63,75)(H,64,76)(H,65,83)(H,66,77)(H,67,81)(H,68,79)(H,69,78)/t32-,33-,34+,35+,36+,37+,38+,39+,40+,41-,43+,44+/m1/s1. The summed E-state index contributed by atoms with van der Waals surface area (Å²) in [6.45, 7) is 11.0. The third-order valence-electron chi connectivity index (χ3n) is 13.5. The van der Waals surface area contributed by atoms with Crippen molar-refractivity contribution in [1.29, 1.82) is 0 Å². The second-order valence-electron chi connectivity index (χ2n) is 22.4. The molecule has 0 unspecified atom stereocenters. The minimum Gasteiger partial charge on any atom is -0.391 e. The van der Waals surface area contributed by atoms with E-state index in [1.54, 1.807) is 46.7 Å². The van der Waals surface area contributed by atoms with Gasteiger partial charge in [-0.1, -0.05) is 60.3 Å². The summed E-state index contributed by atoms with van der Waals surface area (Å²) in [7, 11) is 3.43. The second-order valence-corrected chi connectivity index (χ2v) is 22.4. The van der Waals surface area contributed by atoms with E-state index in [2.05, 4.69) is 65.4 Å². The van der Waals surface area contributed by atoms with Crippen LogP contribution >= 0.6 is 0 Å². The highest BCUT2D eigenvalue weighted by Crippen LogP contribution is 2.13. The number of aliphatic hydroxyl groups is 2. The molecule has 0 aromatic rings. The fraction of sp³-hybridized carbons (Fsp3) is 0.796. The van der Waals surface area contributed by atoms with Gasteiger partial charge in [0, 0.05) is 13.0 Å². The van der Waals surface area contributed by atoms with Crippen molar-refractivity contribution in [3.05, 3.63) is 0 Å². The highest BCUT2D eigenvalue weighted by atomic mass is 16.3. The molecular weight excluding hydrogens is 1080 g/mol. The van der Waals surface area contributed by atoms with Gasteiger partial charge < -0.3 is 96.5 Å². The summed E-state index contributed by atoms with van der Waals surface area (Å²) in [6, 6.07) is -14.3. The summed E-state index contributed by atoms with van der Waals surface area (Å²) < 4.78 is 0. The van der Waals surface area contributed by atoms with Crippen molar-refractivity contribution in [3.63, 3.8) is 0 Å². The normalized spacial score (nSPS) is 23.0. The van der Waals surface area contributed by atoms with Gasteiger partial charge in [0.15, 0.2) is 0 Å². The van der Waals surface area contributed by atoms with Crippen LogP contribution in [0.1, 0.15) is 138 Å². The number of hydrogen-bond donors (Lipinski definition) is 17. The molecule has 1 saturated heterocycles. The average molecular weight is 1180 g/mol. The van der Waals surface area contributed by atoms with Crippen LogP contribution in [0.15, 0.2) is 0 Å². The maximum Gasteiger partial charge on any atom is 0.245 e. The van der Waals surface area contributed by atoms with Crippen molar-refractivity contribution >= 4 is 65.0 Å². The van der Waals surface area contributed by atoms with Crippen LogP contribution in [0.2, 0.25) is 0 Å². The molecule has 0 aliphatic carbocycles. The molecule has 1 rings (SSSR count). The smallest absolute Gasteiger partial charge is 0.245 e. The highest BCUT2D eigenvalue weighted by Gasteiger charge is 2.38. The number of amides is 11. The van der Waals surface area contributed by atoms with E-state index in [-0.39, 0.29) is 95.9 Å². The second kappa shape index (κ2) is 40.2. The molecular formula is C54H102N16O13. The van der Waals surface area contributed by atoms with Crippen molar-refractivity contribution in [2.45, 2.75) is 211 Å². The van der Waals surface area contributed by atoms with Gasteiger partial charge in [-0.05, 0) is 130 Å². The van der Waals surface area contributed by atoms with Crippen LogP contribution in [0.3, 0.4) is 0 Å². The van der Waals surface area contributed by atoms with Gasteiger partial charge in [-0.3, -0.25) is 52.7 Å². The Kier molecular flexibility index (Phi) is 36.3. The Morgan fingerprint density at radius 2 is 1.01 bits per heavy atom. The zero-order valence-electron chi connectivity index (χ0n) is 50.4. The summed E-state index contributed by atoms with van der Waals surface area (Å²) in [5.74, 6) is -9.75. The zero-order chi connectivity index (χ0) is 62.9. The van der Waals surface area contributed by atoms with Crippen molar-refractivity contribution in [2.75, 3.05) is 53.4 Å². The Labute approximate surface area is 489 Å². The topological polar surface area (TPSA) is 468 Å². The molecule has 1 aliphatic heterocycles. The molecule has 0 radical (unpaired) electrons. The lowest BCUT2D eigenvalue weighted by Gasteiger charge is -2.29. The largest absolute Gasteiger partial charge is 0.391 e. The number of rotatable bonds is 30. The Morgan fingerprint density at radius 1 is 0.554 bits per heavy atom. The van der Waals surface area contributed by atoms with E-state index < -0.39 is 151 Å². The number of carbonyl (C=O) groups excluding carboxylic acids is 11. The fourth-order valence-electron chi connectivity index (χ4n) is 8.89. The molecule has 0 bridgehead atoms. The van der Waals surface area contributed by atoms with Crippen molar-refractivity contribution in [2.24, 2.45) is 34.8 Å². The molecule has 1 heterocycles. The van der Waals surface area contributed by atoms with E-state index in [0.717, 1.165) is 25.7 Å². The predicted octanol–water partition coefficient (Wildman–Crippen LogP) is -5.08. The lowest BCUT2D eigenvalue weighted by Crippen LogP contribution is -2.62. The fourth-order valence-corrected chi connectivity index (χ4v) is 8.89. The van der Waals surface area contributed by atoms with E-state index in [0.29, 0.717) is 6.42 Å². The minimum atomic E-state index is -1.68. The summed E-state index contributed by atoms with van der Waals surface area (Å²) in [5.41, 5.74) is 23.4. The lowest BCUT2D eigenvalue weighted by molar-refractivity contribution is -0.137. The van der Waals surface area contributed by atoms with Gasteiger partial charge in [0.1, 0.15) is 60.4 Å². The first kappa shape index (κ1) is 74.9. The van der Waals surface area contributed by atoms with Gasteiger partial charge in [-0.25, -0.2) is 0 Å². The minimum absolute atomic E-state index is 0.00628. The molecule has 12 atom stereocenters. The van der Waals surface area contributed by atoms with E-state index >= 15 is 0 Å². The summed E-state index contributed by atoms with van der Waals surface area (Å²) in [4.78, 5) is 155. The first-order valence-electron chi connectivity index (χ1n) is 29.3. The molecule has 29 nitrogen and oxygen atoms in total. The van der Waals surface area contributed by atoms with Crippen LogP contribution in [0.4, 0.5) is 0 Å². The molecule has 476 valence electrons. The third-order valence-corrected chi connectivity index (χ3v) is 13.5. The van der Waals surface area contributed by atoms with Crippen LogP contribution in [0.25, 0.3) is 0 Å². The maximum atomic E-state index is 14.6. The molecule has 11 amide bonds. The van der Waals surface area contributed by atoms with Gasteiger partial charge >= 0.3 is 0 Å². The lowest BCUT2D eigenvalue weighted by atomic mass is 9.99. The monoisotopic (exact) mass is 1180 g/mol. The van der Waals surface area contributed by atoms with Gasteiger partial charge in [-0.15, -0.1) is 0 Å². The molecule has 0 spiro atoms. The Morgan fingerprint density at radius 3 is 1.47 bits per heavy atom. The number of unbranched alkanes of at least 4 members (excludes halogenated alkanes) is 4. The zero-order valence-corrected chi connectivity index (χ0v) is 50.4. The first-order chi connectivity index (χ1) is 39.1. The predicted molar refractivity (Wildman–Crippen MR) is 310 cm³/mol. The van der Waals surface area contributed by atoms with Crippen LogP contribution in [0.5, 0.6) is 0 Å². The van der Waals surface area contributed by atoms with E-state index in [1.807, 2.05) is 0 Å². The average Bonchev–Trinajstić information content (AvgIpc) is 3.41. The van der Waals surface area contributed by atoms with Crippen molar-refractivity contribution in [1.82, 2.24) is 63.4 Å².